The number of carbonyl (C=O) groups is 1. The quantitative estimate of drug-likeness (QED) is 0.690. The van der Waals surface area contributed by atoms with Crippen molar-refractivity contribution in [2.45, 2.75) is 13.0 Å². The van der Waals surface area contributed by atoms with E-state index >= 15 is 0 Å². The maximum atomic E-state index is 12.3. The molecule has 0 saturated heterocycles. The second-order valence-corrected chi connectivity index (χ2v) is 6.47. The first kappa shape index (κ1) is 17.8. The fraction of sp³-hybridized carbons (Fsp3) is 0.158. The Balaban J connectivity index is 1.65. The third kappa shape index (κ3) is 4.31. The summed E-state index contributed by atoms with van der Waals surface area (Å²) < 4.78 is 10.9. The molecule has 7 heteroatoms. The van der Waals surface area contributed by atoms with Crippen molar-refractivity contribution in [2.24, 2.45) is 0 Å². The molecule has 0 bridgehead atoms. The standard InChI is InChI=1S/C19H19N3O3S/c1-12(18(23)21-14-6-8-15(24-2)9-7-14)25-16-5-3-4-13(10-16)17-11-26-19(20)22-17/h3-12H,1-2H3,(H2,20,22)(H,21,23). The maximum absolute atomic E-state index is 12.3. The Labute approximate surface area is 155 Å². The molecule has 0 saturated carbocycles. The number of hydrogen-bond acceptors (Lipinski definition) is 6. The first-order valence-corrected chi connectivity index (χ1v) is 8.86. The molecule has 1 aromatic heterocycles. The molecule has 0 radical (unpaired) electrons. The Morgan fingerprint density at radius 2 is 1.96 bits per heavy atom. The molecule has 1 unspecified atom stereocenters. The third-order valence-electron chi connectivity index (χ3n) is 3.69. The van der Waals surface area contributed by atoms with E-state index in [-0.39, 0.29) is 5.91 Å². The highest BCUT2D eigenvalue weighted by molar-refractivity contribution is 7.13. The van der Waals surface area contributed by atoms with Crippen LogP contribution in [0.25, 0.3) is 11.3 Å². The average Bonchev–Trinajstić information content (AvgIpc) is 3.09. The van der Waals surface area contributed by atoms with E-state index in [1.807, 2.05) is 23.6 Å². The number of nitrogens with two attached hydrogens (primary N) is 1. The summed E-state index contributed by atoms with van der Waals surface area (Å²) in [6.45, 7) is 1.70. The molecule has 0 aliphatic carbocycles. The Morgan fingerprint density at radius 3 is 2.62 bits per heavy atom. The van der Waals surface area contributed by atoms with Crippen LogP contribution in [0, 0.1) is 0 Å². The lowest BCUT2D eigenvalue weighted by Gasteiger charge is -2.15. The Kier molecular flexibility index (Phi) is 5.38. The van der Waals surface area contributed by atoms with E-state index in [0.29, 0.717) is 16.6 Å². The molecule has 0 aliphatic heterocycles. The Bertz CT molecular complexity index is 893. The molecule has 1 amide bonds. The number of nitrogens with one attached hydrogen (secondary N) is 1. The molecule has 2 aromatic carbocycles. The van der Waals surface area contributed by atoms with Crippen LogP contribution in [0.2, 0.25) is 0 Å². The minimum absolute atomic E-state index is 0.238. The molecule has 1 heterocycles. The number of methoxy groups -OCH3 is 1. The lowest BCUT2D eigenvalue weighted by molar-refractivity contribution is -0.122. The van der Waals surface area contributed by atoms with Gasteiger partial charge in [0.2, 0.25) is 0 Å². The highest BCUT2D eigenvalue weighted by Crippen LogP contribution is 2.26. The maximum Gasteiger partial charge on any atom is 0.265 e. The van der Waals surface area contributed by atoms with Crippen molar-refractivity contribution in [3.8, 4) is 22.8 Å². The summed E-state index contributed by atoms with van der Waals surface area (Å²) >= 11 is 1.38. The minimum atomic E-state index is -0.659. The van der Waals surface area contributed by atoms with Gasteiger partial charge in [-0.2, -0.15) is 0 Å². The number of rotatable bonds is 6. The fourth-order valence-electron chi connectivity index (χ4n) is 2.32. The topological polar surface area (TPSA) is 86.5 Å². The van der Waals surface area contributed by atoms with Crippen LogP contribution in [0.5, 0.6) is 11.5 Å². The van der Waals surface area contributed by atoms with Crippen LogP contribution in [0.3, 0.4) is 0 Å². The third-order valence-corrected chi connectivity index (χ3v) is 4.37. The number of benzene rings is 2. The van der Waals surface area contributed by atoms with Crippen LogP contribution in [-0.4, -0.2) is 24.1 Å². The Hall–Kier alpha value is -3.06. The summed E-state index contributed by atoms with van der Waals surface area (Å²) in [5.74, 6) is 1.08. The number of nitrogen functional groups attached to an aromatic ring is 1. The number of aromatic nitrogens is 1. The zero-order valence-corrected chi connectivity index (χ0v) is 15.2. The molecule has 0 aliphatic rings. The fourth-order valence-corrected chi connectivity index (χ4v) is 2.90. The first-order valence-electron chi connectivity index (χ1n) is 7.98. The highest BCUT2D eigenvalue weighted by Gasteiger charge is 2.15. The summed E-state index contributed by atoms with van der Waals surface area (Å²) in [5.41, 5.74) is 8.03. The van der Waals surface area contributed by atoms with E-state index in [0.717, 1.165) is 17.0 Å². The number of anilines is 2. The summed E-state index contributed by atoms with van der Waals surface area (Å²) in [6, 6.07) is 14.5. The molecule has 0 fully saturated rings. The van der Waals surface area contributed by atoms with Crippen LogP contribution in [0.15, 0.2) is 53.9 Å². The van der Waals surface area contributed by atoms with Gasteiger partial charge in [0, 0.05) is 16.6 Å². The van der Waals surface area contributed by atoms with Crippen molar-refractivity contribution < 1.29 is 14.3 Å². The minimum Gasteiger partial charge on any atom is -0.497 e. The number of hydrogen-bond donors (Lipinski definition) is 2. The van der Waals surface area contributed by atoms with Crippen LogP contribution >= 0.6 is 11.3 Å². The van der Waals surface area contributed by atoms with E-state index < -0.39 is 6.10 Å². The summed E-state index contributed by atoms with van der Waals surface area (Å²) in [7, 11) is 1.59. The van der Waals surface area contributed by atoms with Gasteiger partial charge in [-0.1, -0.05) is 12.1 Å². The number of amides is 1. The summed E-state index contributed by atoms with van der Waals surface area (Å²) in [5, 5.41) is 5.21. The van der Waals surface area contributed by atoms with Gasteiger partial charge in [0.1, 0.15) is 11.5 Å². The predicted molar refractivity (Wildman–Crippen MR) is 104 cm³/mol. The van der Waals surface area contributed by atoms with Gasteiger partial charge in [0.25, 0.3) is 5.91 Å². The zero-order valence-electron chi connectivity index (χ0n) is 14.4. The monoisotopic (exact) mass is 369 g/mol. The highest BCUT2D eigenvalue weighted by atomic mass is 32.1. The number of carbonyl (C=O) groups excluding carboxylic acids is 1. The van der Waals surface area contributed by atoms with Crippen molar-refractivity contribution in [2.75, 3.05) is 18.2 Å². The smallest absolute Gasteiger partial charge is 0.265 e. The number of nitrogens with zero attached hydrogens (tertiary/aromatic N) is 1. The number of thiazole rings is 1. The molecular formula is C19H19N3O3S. The zero-order chi connectivity index (χ0) is 18.5. The van der Waals surface area contributed by atoms with Gasteiger partial charge in [-0.15, -0.1) is 11.3 Å². The Morgan fingerprint density at radius 1 is 1.19 bits per heavy atom. The molecule has 3 aromatic rings. The number of ether oxygens (including phenoxy) is 2. The van der Waals surface area contributed by atoms with Gasteiger partial charge in [0.15, 0.2) is 11.2 Å². The lowest BCUT2D eigenvalue weighted by atomic mass is 10.1. The second-order valence-electron chi connectivity index (χ2n) is 5.58. The molecule has 134 valence electrons. The summed E-state index contributed by atoms with van der Waals surface area (Å²) in [6.07, 6.45) is -0.659. The van der Waals surface area contributed by atoms with Gasteiger partial charge in [-0.25, -0.2) is 4.98 Å². The average molecular weight is 369 g/mol. The van der Waals surface area contributed by atoms with Crippen molar-refractivity contribution in [3.05, 3.63) is 53.9 Å². The molecule has 26 heavy (non-hydrogen) atoms. The lowest BCUT2D eigenvalue weighted by Crippen LogP contribution is -2.30. The van der Waals surface area contributed by atoms with E-state index in [2.05, 4.69) is 10.3 Å². The van der Waals surface area contributed by atoms with E-state index in [1.54, 1.807) is 44.4 Å². The second kappa shape index (κ2) is 7.88. The van der Waals surface area contributed by atoms with Crippen molar-refractivity contribution in [1.82, 2.24) is 4.98 Å². The summed E-state index contributed by atoms with van der Waals surface area (Å²) in [4.78, 5) is 16.6. The van der Waals surface area contributed by atoms with Crippen LogP contribution in [0.1, 0.15) is 6.92 Å². The van der Waals surface area contributed by atoms with Gasteiger partial charge < -0.3 is 20.5 Å². The molecule has 1 atom stereocenters. The molecule has 0 spiro atoms. The van der Waals surface area contributed by atoms with E-state index in [9.17, 15) is 4.79 Å². The first-order chi connectivity index (χ1) is 12.5. The predicted octanol–water partition coefficient (Wildman–Crippen LogP) is 3.81. The van der Waals surface area contributed by atoms with Crippen molar-refractivity contribution in [1.29, 1.82) is 0 Å². The van der Waals surface area contributed by atoms with Crippen LogP contribution in [0.4, 0.5) is 10.8 Å². The van der Waals surface area contributed by atoms with Crippen LogP contribution < -0.4 is 20.5 Å². The normalized spacial score (nSPS) is 11.6. The van der Waals surface area contributed by atoms with Crippen LogP contribution in [-0.2, 0) is 4.79 Å². The molecular weight excluding hydrogens is 350 g/mol. The van der Waals surface area contributed by atoms with Gasteiger partial charge in [-0.05, 0) is 43.3 Å². The van der Waals surface area contributed by atoms with Gasteiger partial charge in [-0.3, -0.25) is 4.79 Å². The van der Waals surface area contributed by atoms with E-state index in [4.69, 9.17) is 15.2 Å². The van der Waals surface area contributed by atoms with Crippen molar-refractivity contribution in [3.63, 3.8) is 0 Å². The largest absolute Gasteiger partial charge is 0.497 e. The molecule has 3 rings (SSSR count). The molecule has 3 N–H and O–H groups in total. The van der Waals surface area contributed by atoms with Gasteiger partial charge >= 0.3 is 0 Å². The van der Waals surface area contributed by atoms with E-state index in [1.165, 1.54) is 11.3 Å². The SMILES string of the molecule is COc1ccc(NC(=O)C(C)Oc2cccc(-c3csc(N)n3)c2)cc1. The van der Waals surface area contributed by atoms with Gasteiger partial charge in [0.05, 0.1) is 12.8 Å². The molecule has 6 nitrogen and oxygen atoms in total. The van der Waals surface area contributed by atoms with Crippen molar-refractivity contribution >= 4 is 28.1 Å².